The summed E-state index contributed by atoms with van der Waals surface area (Å²) in [4.78, 5) is 15.3. The fourth-order valence-corrected chi connectivity index (χ4v) is 1.27. The molecule has 0 unspecified atom stereocenters. The summed E-state index contributed by atoms with van der Waals surface area (Å²) in [6.45, 7) is 4.05. The van der Waals surface area contributed by atoms with Crippen LogP contribution in [0.15, 0.2) is 0 Å². The van der Waals surface area contributed by atoms with Crippen LogP contribution in [-0.2, 0) is 4.99 Å². The lowest BCUT2D eigenvalue weighted by Gasteiger charge is -2.08. The summed E-state index contributed by atoms with van der Waals surface area (Å²) in [6.07, 6.45) is 1.00. The molecular weight excluding hydrogens is 282 g/mol. The van der Waals surface area contributed by atoms with Gasteiger partial charge in [0.15, 0.2) is 0 Å². The number of hydrogen-bond donors (Lipinski definition) is 7. The first kappa shape index (κ1) is 19.4. The Morgan fingerprint density at radius 1 is 1.05 bits per heavy atom. The van der Waals surface area contributed by atoms with Gasteiger partial charge in [0.25, 0.3) is 0 Å². The average Bonchev–Trinajstić information content (AvgIpc) is 2.49. The van der Waals surface area contributed by atoms with Crippen molar-refractivity contribution in [2.45, 2.75) is 13.3 Å². The fraction of sp³-hybridized carbons (Fsp3) is 0.700. The molecule has 1 aromatic rings. The highest BCUT2D eigenvalue weighted by Crippen LogP contribution is 2.04. The van der Waals surface area contributed by atoms with Crippen molar-refractivity contribution in [2.24, 2.45) is 0 Å². The second-order valence-electron chi connectivity index (χ2n) is 3.75. The standard InChI is InChI=1S/C10H20N6O.H3NO3/c1-8-14-9(12-5-3-4-11-2)16-10(15-8)13-6-7-17;2-1-4-3/h11,17H,3-7H2,1-2H3,(H2,12,13,14,15,16);1-3H. The maximum Gasteiger partial charge on any atom is 0.227 e. The quantitative estimate of drug-likeness (QED) is 0.170. The van der Waals surface area contributed by atoms with Crippen LogP contribution in [0.2, 0.25) is 0 Å². The van der Waals surface area contributed by atoms with Crippen molar-refractivity contribution in [1.29, 1.82) is 0 Å². The van der Waals surface area contributed by atoms with E-state index in [2.05, 4.69) is 35.9 Å². The molecule has 7 N–H and O–H groups in total. The summed E-state index contributed by atoms with van der Waals surface area (Å²) in [5, 5.41) is 32.0. The molecule has 0 aliphatic rings. The Morgan fingerprint density at radius 3 is 2.10 bits per heavy atom. The first-order valence-electron chi connectivity index (χ1n) is 6.33. The Bertz CT molecular complexity index is 367. The minimum absolute atomic E-state index is 0.0513. The third-order valence-electron chi connectivity index (χ3n) is 2.07. The molecule has 11 heteroatoms. The average molecular weight is 305 g/mol. The lowest BCUT2D eigenvalue weighted by atomic mass is 10.4. The summed E-state index contributed by atoms with van der Waals surface area (Å²) >= 11 is 0. The zero-order valence-electron chi connectivity index (χ0n) is 12.1. The van der Waals surface area contributed by atoms with Crippen LogP contribution in [0.5, 0.6) is 0 Å². The van der Waals surface area contributed by atoms with Gasteiger partial charge in [0.2, 0.25) is 11.9 Å². The van der Waals surface area contributed by atoms with Crippen LogP contribution in [0, 0.1) is 6.92 Å². The van der Waals surface area contributed by atoms with Gasteiger partial charge >= 0.3 is 0 Å². The van der Waals surface area contributed by atoms with Gasteiger partial charge in [-0.15, -0.1) is 4.99 Å². The smallest absolute Gasteiger partial charge is 0.227 e. The number of nitrogens with one attached hydrogen (secondary N) is 4. The van der Waals surface area contributed by atoms with Gasteiger partial charge in [-0.3, -0.25) is 5.21 Å². The molecule has 21 heavy (non-hydrogen) atoms. The van der Waals surface area contributed by atoms with Crippen LogP contribution in [0.3, 0.4) is 0 Å². The van der Waals surface area contributed by atoms with Gasteiger partial charge in [0.05, 0.1) is 6.61 Å². The Kier molecular flexibility index (Phi) is 12.3. The number of aryl methyl sites for hydroxylation is 1. The Morgan fingerprint density at radius 2 is 1.62 bits per heavy atom. The van der Waals surface area contributed by atoms with Gasteiger partial charge in [-0.1, -0.05) is 0 Å². The van der Waals surface area contributed by atoms with Gasteiger partial charge in [0.1, 0.15) is 5.82 Å². The number of nitrogens with zero attached hydrogens (tertiary/aromatic N) is 3. The largest absolute Gasteiger partial charge is 0.395 e. The lowest BCUT2D eigenvalue weighted by Crippen LogP contribution is -2.16. The van der Waals surface area contributed by atoms with E-state index >= 15 is 0 Å². The Balaban J connectivity index is 0.000000885. The summed E-state index contributed by atoms with van der Waals surface area (Å²) < 4.78 is 0. The number of anilines is 2. The summed E-state index contributed by atoms with van der Waals surface area (Å²) in [6, 6.07) is 0. The molecule has 0 aromatic carbocycles. The molecule has 0 fully saturated rings. The molecule has 0 amide bonds. The molecule has 1 rings (SSSR count). The summed E-state index contributed by atoms with van der Waals surface area (Å²) in [7, 11) is 1.92. The van der Waals surface area contributed by atoms with Crippen molar-refractivity contribution in [1.82, 2.24) is 25.9 Å². The highest BCUT2D eigenvalue weighted by atomic mass is 17.2. The number of rotatable bonds is 9. The van der Waals surface area contributed by atoms with Crippen molar-refractivity contribution >= 4 is 11.9 Å². The van der Waals surface area contributed by atoms with Crippen LogP contribution in [-0.4, -0.2) is 63.8 Å². The van der Waals surface area contributed by atoms with Crippen LogP contribution >= 0.6 is 0 Å². The number of aliphatic hydroxyl groups is 1. The van der Waals surface area contributed by atoms with Gasteiger partial charge in [0, 0.05) is 13.1 Å². The molecule has 0 bridgehead atoms. The van der Waals surface area contributed by atoms with Gasteiger partial charge < -0.3 is 21.1 Å². The van der Waals surface area contributed by atoms with Crippen LogP contribution in [0.25, 0.3) is 0 Å². The van der Waals surface area contributed by atoms with E-state index in [0.717, 1.165) is 25.2 Å². The van der Waals surface area contributed by atoms with E-state index in [9.17, 15) is 0 Å². The minimum Gasteiger partial charge on any atom is -0.395 e. The van der Waals surface area contributed by atoms with Gasteiger partial charge in [-0.2, -0.15) is 15.0 Å². The minimum atomic E-state index is 0.0513. The van der Waals surface area contributed by atoms with Gasteiger partial charge in [-0.25, -0.2) is 5.26 Å². The predicted molar refractivity (Wildman–Crippen MR) is 75.8 cm³/mol. The van der Waals surface area contributed by atoms with Crippen LogP contribution in [0.4, 0.5) is 11.9 Å². The van der Waals surface area contributed by atoms with Crippen molar-refractivity contribution < 1.29 is 20.6 Å². The Labute approximate surface area is 122 Å². The molecular formula is C10H23N7O4. The summed E-state index contributed by atoms with van der Waals surface area (Å²) in [5.74, 6) is 1.70. The molecule has 0 aliphatic heterocycles. The predicted octanol–water partition coefficient (Wildman–Crippen LogP) is -1.02. The maximum atomic E-state index is 8.71. The third-order valence-corrected chi connectivity index (χ3v) is 2.07. The second-order valence-corrected chi connectivity index (χ2v) is 3.75. The molecule has 1 aromatic heterocycles. The van der Waals surface area contributed by atoms with E-state index in [1.807, 2.05) is 14.0 Å². The van der Waals surface area contributed by atoms with Crippen molar-refractivity contribution in [2.75, 3.05) is 43.9 Å². The van der Waals surface area contributed by atoms with E-state index in [-0.39, 0.29) is 6.61 Å². The first-order valence-corrected chi connectivity index (χ1v) is 6.33. The van der Waals surface area contributed by atoms with Crippen LogP contribution < -0.4 is 21.6 Å². The molecule has 11 nitrogen and oxygen atoms in total. The normalized spacial score (nSPS) is 9.76. The van der Waals surface area contributed by atoms with Crippen molar-refractivity contribution in [3.05, 3.63) is 5.82 Å². The topological polar surface area (TPSA) is 157 Å². The van der Waals surface area contributed by atoms with Crippen LogP contribution in [0.1, 0.15) is 12.2 Å². The highest BCUT2D eigenvalue weighted by molar-refractivity contribution is 5.34. The zero-order chi connectivity index (χ0) is 15.9. The molecule has 1 heterocycles. The molecule has 0 saturated heterocycles. The number of aromatic nitrogens is 3. The zero-order valence-corrected chi connectivity index (χ0v) is 12.1. The molecule has 0 radical (unpaired) electrons. The van der Waals surface area contributed by atoms with E-state index in [0.29, 0.717) is 24.3 Å². The van der Waals surface area contributed by atoms with Crippen molar-refractivity contribution in [3.63, 3.8) is 0 Å². The van der Waals surface area contributed by atoms with E-state index < -0.39 is 0 Å². The third kappa shape index (κ3) is 10.8. The summed E-state index contributed by atoms with van der Waals surface area (Å²) in [5.41, 5.74) is 0.986. The SMILES string of the molecule is CNCCCNc1nc(C)nc(NCCO)n1.ONOO. The monoisotopic (exact) mass is 305 g/mol. The molecule has 0 aliphatic carbocycles. The van der Waals surface area contributed by atoms with E-state index in [4.69, 9.17) is 15.6 Å². The molecule has 122 valence electrons. The molecule has 0 saturated carbocycles. The Hall–Kier alpha value is -1.63. The second kappa shape index (κ2) is 13.4. The fourth-order valence-electron chi connectivity index (χ4n) is 1.27. The van der Waals surface area contributed by atoms with E-state index in [1.165, 1.54) is 0 Å². The van der Waals surface area contributed by atoms with E-state index in [1.54, 1.807) is 0 Å². The van der Waals surface area contributed by atoms with Crippen molar-refractivity contribution in [3.8, 4) is 0 Å². The molecule has 0 atom stereocenters. The number of aliphatic hydroxyl groups excluding tert-OH is 1. The molecule has 0 spiro atoms. The lowest BCUT2D eigenvalue weighted by molar-refractivity contribution is -0.356. The maximum absolute atomic E-state index is 8.71. The van der Waals surface area contributed by atoms with Gasteiger partial charge in [-0.05, 0) is 32.6 Å². The highest BCUT2D eigenvalue weighted by Gasteiger charge is 2.02. The first-order chi connectivity index (χ1) is 10.2. The number of hydrogen-bond acceptors (Lipinski definition) is 11.